The molecule has 0 saturated carbocycles. The van der Waals surface area contributed by atoms with Crippen molar-refractivity contribution in [3.8, 4) is 0 Å². The van der Waals surface area contributed by atoms with Gasteiger partial charge < -0.3 is 22.8 Å². The number of halogens is 1. The van der Waals surface area contributed by atoms with E-state index in [0.717, 1.165) is 13.0 Å². The smallest absolute Gasteiger partial charge is 0.262 e. The summed E-state index contributed by atoms with van der Waals surface area (Å²) in [7, 11) is 0. The SMILES string of the molecule is CC[C@@H](CO)NC(=O)Cn1cc[n+](Cc2ccccc2)c1.[Cl-]. The van der Waals surface area contributed by atoms with E-state index in [4.69, 9.17) is 5.11 Å². The molecule has 6 heteroatoms. The molecule has 0 aliphatic heterocycles. The van der Waals surface area contributed by atoms with Crippen LogP contribution >= 0.6 is 0 Å². The van der Waals surface area contributed by atoms with E-state index in [9.17, 15) is 4.79 Å². The monoisotopic (exact) mass is 323 g/mol. The van der Waals surface area contributed by atoms with E-state index in [1.165, 1.54) is 5.56 Å². The Balaban J connectivity index is 0.00000242. The van der Waals surface area contributed by atoms with Crippen LogP contribution in [0.2, 0.25) is 0 Å². The molecular weight excluding hydrogens is 302 g/mol. The zero-order chi connectivity index (χ0) is 15.1. The molecule has 1 atom stereocenters. The standard InChI is InChI=1S/C16H21N3O2.ClH/c1-2-15(12-20)17-16(21)11-19-9-8-18(13-19)10-14-6-4-3-5-7-14;/h3-9,13,15,20H,2,10-12H2,1H3;1H/t15-;/m0./s1. The van der Waals surface area contributed by atoms with E-state index >= 15 is 0 Å². The Labute approximate surface area is 137 Å². The Morgan fingerprint density at radius 2 is 2.09 bits per heavy atom. The van der Waals surface area contributed by atoms with E-state index in [1.807, 2.05) is 53.0 Å². The second kappa shape index (κ2) is 9.23. The van der Waals surface area contributed by atoms with Crippen LogP contribution in [0.4, 0.5) is 0 Å². The van der Waals surface area contributed by atoms with Gasteiger partial charge in [-0.15, -0.1) is 0 Å². The van der Waals surface area contributed by atoms with Crippen molar-refractivity contribution < 1.29 is 26.9 Å². The minimum atomic E-state index is -0.162. The molecule has 1 aromatic heterocycles. The summed E-state index contributed by atoms with van der Waals surface area (Å²) in [5.41, 5.74) is 1.22. The predicted molar refractivity (Wildman–Crippen MR) is 79.5 cm³/mol. The first-order valence-electron chi connectivity index (χ1n) is 7.20. The molecule has 0 bridgehead atoms. The molecule has 0 fully saturated rings. The zero-order valence-electron chi connectivity index (χ0n) is 12.7. The number of rotatable bonds is 7. The van der Waals surface area contributed by atoms with Gasteiger partial charge in [0.1, 0.15) is 18.9 Å². The number of aliphatic hydroxyl groups excluding tert-OH is 1. The second-order valence-electron chi connectivity index (χ2n) is 5.10. The largest absolute Gasteiger partial charge is 1.00 e. The Morgan fingerprint density at radius 3 is 2.73 bits per heavy atom. The molecule has 1 aromatic carbocycles. The van der Waals surface area contributed by atoms with E-state index in [1.54, 1.807) is 0 Å². The summed E-state index contributed by atoms with van der Waals surface area (Å²) in [6.07, 6.45) is 6.46. The quantitative estimate of drug-likeness (QED) is 0.564. The fraction of sp³-hybridized carbons (Fsp3) is 0.375. The third-order valence-electron chi connectivity index (χ3n) is 3.36. The van der Waals surface area contributed by atoms with Crippen molar-refractivity contribution in [2.24, 2.45) is 0 Å². The summed E-state index contributed by atoms with van der Waals surface area (Å²) >= 11 is 0. The first-order valence-corrected chi connectivity index (χ1v) is 7.20. The third-order valence-corrected chi connectivity index (χ3v) is 3.36. The fourth-order valence-electron chi connectivity index (χ4n) is 2.14. The molecule has 2 N–H and O–H groups in total. The van der Waals surface area contributed by atoms with Crippen LogP contribution in [0, 0.1) is 0 Å². The first kappa shape index (κ1) is 18.2. The summed E-state index contributed by atoms with van der Waals surface area (Å²) in [6, 6.07) is 10.0. The normalized spacial score (nSPS) is 11.5. The van der Waals surface area contributed by atoms with Crippen molar-refractivity contribution in [2.75, 3.05) is 6.61 Å². The highest BCUT2D eigenvalue weighted by molar-refractivity contribution is 5.76. The second-order valence-corrected chi connectivity index (χ2v) is 5.10. The number of imidazole rings is 1. The Bertz CT molecular complexity index is 568. The van der Waals surface area contributed by atoms with Gasteiger partial charge in [-0.1, -0.05) is 37.3 Å². The van der Waals surface area contributed by atoms with Crippen LogP contribution in [0.1, 0.15) is 18.9 Å². The number of amides is 1. The highest BCUT2D eigenvalue weighted by Gasteiger charge is 2.13. The number of benzene rings is 1. The summed E-state index contributed by atoms with van der Waals surface area (Å²) in [6.45, 7) is 2.95. The lowest BCUT2D eigenvalue weighted by Crippen LogP contribution is -3.00. The van der Waals surface area contributed by atoms with Gasteiger partial charge in [0, 0.05) is 0 Å². The van der Waals surface area contributed by atoms with Gasteiger partial charge in [-0.3, -0.25) is 4.79 Å². The maximum Gasteiger partial charge on any atom is 0.262 e. The summed E-state index contributed by atoms with van der Waals surface area (Å²) in [5.74, 6) is -0.0849. The fourth-order valence-corrected chi connectivity index (χ4v) is 2.14. The number of nitrogens with zero attached hydrogens (tertiary/aromatic N) is 2. The zero-order valence-corrected chi connectivity index (χ0v) is 13.4. The average molecular weight is 324 g/mol. The molecular formula is C16H22ClN3O2. The van der Waals surface area contributed by atoms with Crippen molar-refractivity contribution in [2.45, 2.75) is 32.5 Å². The van der Waals surface area contributed by atoms with Crippen molar-refractivity contribution in [3.63, 3.8) is 0 Å². The predicted octanol–water partition coefficient (Wildman–Crippen LogP) is -2.28. The molecule has 5 nitrogen and oxygen atoms in total. The Morgan fingerprint density at radius 1 is 1.36 bits per heavy atom. The lowest BCUT2D eigenvalue weighted by Gasteiger charge is -2.12. The number of aromatic nitrogens is 2. The maximum atomic E-state index is 11.9. The Kier molecular flexibility index (Phi) is 7.63. The third kappa shape index (κ3) is 5.50. The highest BCUT2D eigenvalue weighted by atomic mass is 35.5. The molecule has 0 unspecified atom stereocenters. The van der Waals surface area contributed by atoms with Crippen LogP contribution in [0.3, 0.4) is 0 Å². The van der Waals surface area contributed by atoms with Gasteiger partial charge in [-0.25, -0.2) is 9.13 Å². The van der Waals surface area contributed by atoms with E-state index < -0.39 is 0 Å². The minimum absolute atomic E-state index is 0. The molecule has 0 radical (unpaired) electrons. The summed E-state index contributed by atoms with van der Waals surface area (Å²) < 4.78 is 3.87. The van der Waals surface area contributed by atoms with E-state index in [2.05, 4.69) is 17.4 Å². The van der Waals surface area contributed by atoms with Crippen LogP contribution in [-0.2, 0) is 17.9 Å². The lowest BCUT2D eigenvalue weighted by molar-refractivity contribution is -0.687. The molecule has 22 heavy (non-hydrogen) atoms. The van der Waals surface area contributed by atoms with Crippen LogP contribution in [0.15, 0.2) is 49.1 Å². The topological polar surface area (TPSA) is 58.1 Å². The molecule has 120 valence electrons. The van der Waals surface area contributed by atoms with Gasteiger partial charge in [-0.2, -0.15) is 0 Å². The molecule has 0 saturated heterocycles. The highest BCUT2D eigenvalue weighted by Crippen LogP contribution is 1.97. The first-order chi connectivity index (χ1) is 10.2. The van der Waals surface area contributed by atoms with Gasteiger partial charge in [0.05, 0.1) is 12.6 Å². The number of nitrogens with one attached hydrogen (secondary N) is 1. The lowest BCUT2D eigenvalue weighted by atomic mass is 10.2. The number of aliphatic hydroxyl groups is 1. The number of carbonyl (C=O) groups is 1. The van der Waals surface area contributed by atoms with Gasteiger partial charge in [-0.05, 0) is 12.0 Å². The van der Waals surface area contributed by atoms with Gasteiger partial charge in [0.15, 0.2) is 6.54 Å². The molecule has 0 spiro atoms. The van der Waals surface area contributed by atoms with Crippen LogP contribution in [0.25, 0.3) is 0 Å². The van der Waals surface area contributed by atoms with E-state index in [0.29, 0.717) is 0 Å². The molecule has 2 rings (SSSR count). The summed E-state index contributed by atoms with van der Waals surface area (Å²) in [4.78, 5) is 11.9. The summed E-state index contributed by atoms with van der Waals surface area (Å²) in [5, 5.41) is 11.9. The van der Waals surface area contributed by atoms with Crippen molar-refractivity contribution in [3.05, 3.63) is 54.6 Å². The number of carbonyl (C=O) groups excluding carboxylic acids is 1. The molecule has 1 heterocycles. The average Bonchev–Trinajstić information content (AvgIpc) is 2.92. The molecule has 2 aromatic rings. The van der Waals surface area contributed by atoms with Gasteiger partial charge >= 0.3 is 0 Å². The Hall–Kier alpha value is -1.85. The van der Waals surface area contributed by atoms with Crippen LogP contribution in [-0.4, -0.2) is 28.2 Å². The number of hydrogen-bond acceptors (Lipinski definition) is 2. The van der Waals surface area contributed by atoms with Crippen LogP contribution in [0.5, 0.6) is 0 Å². The van der Waals surface area contributed by atoms with Crippen molar-refractivity contribution in [1.82, 2.24) is 9.88 Å². The van der Waals surface area contributed by atoms with E-state index in [-0.39, 0.29) is 37.5 Å². The minimum Gasteiger partial charge on any atom is -1.00 e. The van der Waals surface area contributed by atoms with Gasteiger partial charge in [0.2, 0.25) is 6.33 Å². The van der Waals surface area contributed by atoms with Crippen molar-refractivity contribution in [1.29, 1.82) is 0 Å². The number of hydrogen-bond donors (Lipinski definition) is 2. The molecule has 1 amide bonds. The van der Waals surface area contributed by atoms with Crippen LogP contribution < -0.4 is 22.3 Å². The molecule has 0 aliphatic carbocycles. The van der Waals surface area contributed by atoms with Crippen molar-refractivity contribution >= 4 is 5.91 Å². The van der Waals surface area contributed by atoms with Gasteiger partial charge in [0.25, 0.3) is 5.91 Å². The maximum absolute atomic E-state index is 11.9. The molecule has 0 aliphatic rings.